The molecule has 0 aliphatic carbocycles. The number of carboxylic acids is 1. The number of carbonyl (C=O) groups is 2. The van der Waals surface area contributed by atoms with E-state index in [2.05, 4.69) is 50.4 Å². The molecule has 0 radical (unpaired) electrons. The van der Waals surface area contributed by atoms with Crippen molar-refractivity contribution in [2.45, 2.75) is 64.5 Å². The summed E-state index contributed by atoms with van der Waals surface area (Å²) in [5, 5.41) is 12.1. The highest BCUT2D eigenvalue weighted by atomic mass is 16.4. The second-order valence-electron chi connectivity index (χ2n) is 8.92. The number of benzene rings is 1. The van der Waals surface area contributed by atoms with Crippen LogP contribution < -0.4 is 5.32 Å². The first-order valence-corrected chi connectivity index (χ1v) is 10.2. The number of urea groups is 1. The number of aliphatic carboxylic acids is 1. The smallest absolute Gasteiger partial charge is 0.317 e. The summed E-state index contributed by atoms with van der Waals surface area (Å²) in [6.07, 6.45) is 2.60. The van der Waals surface area contributed by atoms with Crippen molar-refractivity contribution >= 4 is 12.0 Å². The Balaban J connectivity index is 1.90. The first kappa shape index (κ1) is 22.2. The average Bonchev–Trinajstić information content (AvgIpc) is 2.86. The quantitative estimate of drug-likeness (QED) is 0.807. The molecule has 0 aromatic heterocycles. The summed E-state index contributed by atoms with van der Waals surface area (Å²) in [4.78, 5) is 27.4. The zero-order valence-corrected chi connectivity index (χ0v) is 17.9. The van der Waals surface area contributed by atoms with E-state index < -0.39 is 5.97 Å². The van der Waals surface area contributed by atoms with Crippen LogP contribution in [0.3, 0.4) is 0 Å². The largest absolute Gasteiger partial charge is 0.480 e. The molecule has 1 saturated heterocycles. The molecule has 2 atom stereocenters. The Morgan fingerprint density at radius 2 is 1.86 bits per heavy atom. The maximum absolute atomic E-state index is 12.7. The molecular formula is C22H35N3O3. The van der Waals surface area contributed by atoms with Crippen LogP contribution in [-0.4, -0.2) is 59.6 Å². The normalized spacial score (nSPS) is 19.2. The number of carboxylic acid groups (broad SMARTS) is 1. The van der Waals surface area contributed by atoms with Crippen LogP contribution in [-0.2, 0) is 10.2 Å². The van der Waals surface area contributed by atoms with Gasteiger partial charge in [-0.2, -0.15) is 0 Å². The van der Waals surface area contributed by atoms with E-state index in [0.717, 1.165) is 24.8 Å². The maximum atomic E-state index is 12.7. The lowest BCUT2D eigenvalue weighted by Crippen LogP contribution is -2.42. The second-order valence-corrected chi connectivity index (χ2v) is 8.92. The highest BCUT2D eigenvalue weighted by molar-refractivity contribution is 5.74. The van der Waals surface area contributed by atoms with Gasteiger partial charge in [0.1, 0.15) is 0 Å². The number of rotatable bonds is 5. The van der Waals surface area contributed by atoms with Gasteiger partial charge in [0.05, 0.1) is 12.6 Å². The van der Waals surface area contributed by atoms with Crippen molar-refractivity contribution in [3.8, 4) is 0 Å². The standard InChI is InChI=1S/C22H35N3O3/c1-16(17-8-10-18(11-9-17)22(2,3)4)23-21(28)25-13-6-7-19(12-14-25)24(5)15-20(26)27/h8-11,16,19H,6-7,12-15H2,1-5H3,(H,23,28)(H,26,27). The summed E-state index contributed by atoms with van der Waals surface area (Å²) in [7, 11) is 1.85. The lowest BCUT2D eigenvalue weighted by Gasteiger charge is -2.26. The molecule has 6 nitrogen and oxygen atoms in total. The highest BCUT2D eigenvalue weighted by Crippen LogP contribution is 2.24. The van der Waals surface area contributed by atoms with Crippen molar-refractivity contribution in [2.24, 2.45) is 0 Å². The maximum Gasteiger partial charge on any atom is 0.317 e. The molecule has 1 aromatic rings. The lowest BCUT2D eigenvalue weighted by molar-refractivity contribution is -0.138. The first-order valence-electron chi connectivity index (χ1n) is 10.2. The van der Waals surface area contributed by atoms with E-state index in [1.54, 1.807) is 0 Å². The lowest BCUT2D eigenvalue weighted by atomic mass is 9.86. The fraction of sp³-hybridized carbons (Fsp3) is 0.636. The Bertz CT molecular complexity index is 667. The zero-order chi connectivity index (χ0) is 20.9. The molecular weight excluding hydrogens is 354 g/mol. The molecule has 1 aliphatic rings. The van der Waals surface area contributed by atoms with Gasteiger partial charge in [0.2, 0.25) is 0 Å². The number of hydrogen-bond donors (Lipinski definition) is 2. The van der Waals surface area contributed by atoms with Crippen LogP contribution in [0.1, 0.15) is 64.1 Å². The van der Waals surface area contributed by atoms with Crippen molar-refractivity contribution in [1.82, 2.24) is 15.1 Å². The molecule has 1 aliphatic heterocycles. The third-order valence-corrected chi connectivity index (χ3v) is 5.61. The SMILES string of the molecule is CC(NC(=O)N1CCCC(N(C)CC(=O)O)CC1)c1ccc(C(C)(C)C)cc1. The van der Waals surface area contributed by atoms with E-state index in [-0.39, 0.29) is 30.1 Å². The minimum Gasteiger partial charge on any atom is -0.480 e. The molecule has 2 amide bonds. The number of likely N-dealkylation sites (tertiary alicyclic amines) is 1. The summed E-state index contributed by atoms with van der Waals surface area (Å²) in [5.41, 5.74) is 2.48. The fourth-order valence-electron chi connectivity index (χ4n) is 3.70. The van der Waals surface area contributed by atoms with Crippen LogP contribution >= 0.6 is 0 Å². The average molecular weight is 390 g/mol. The molecule has 2 N–H and O–H groups in total. The summed E-state index contributed by atoms with van der Waals surface area (Å²) >= 11 is 0. The van der Waals surface area contributed by atoms with Gasteiger partial charge in [0.25, 0.3) is 0 Å². The molecule has 2 rings (SSSR count). The van der Waals surface area contributed by atoms with Crippen LogP contribution in [0.15, 0.2) is 24.3 Å². The topological polar surface area (TPSA) is 72.9 Å². The number of hydrogen-bond acceptors (Lipinski definition) is 3. The van der Waals surface area contributed by atoms with Gasteiger partial charge in [-0.05, 0) is 49.8 Å². The first-order chi connectivity index (χ1) is 13.1. The van der Waals surface area contributed by atoms with Gasteiger partial charge in [-0.25, -0.2) is 4.79 Å². The van der Waals surface area contributed by atoms with Crippen molar-refractivity contribution in [1.29, 1.82) is 0 Å². The monoisotopic (exact) mass is 389 g/mol. The molecule has 0 saturated carbocycles. The number of nitrogens with one attached hydrogen (secondary N) is 1. The molecule has 156 valence electrons. The van der Waals surface area contributed by atoms with E-state index in [9.17, 15) is 9.59 Å². The summed E-state index contributed by atoms with van der Waals surface area (Å²) in [5.74, 6) is -0.812. The van der Waals surface area contributed by atoms with Crippen LogP contribution in [0.4, 0.5) is 4.79 Å². The van der Waals surface area contributed by atoms with Crippen molar-refractivity contribution in [3.05, 3.63) is 35.4 Å². The zero-order valence-electron chi connectivity index (χ0n) is 17.9. The van der Waals surface area contributed by atoms with Crippen LogP contribution in [0.2, 0.25) is 0 Å². The van der Waals surface area contributed by atoms with Gasteiger partial charge in [0.15, 0.2) is 0 Å². The molecule has 0 bridgehead atoms. The molecule has 1 fully saturated rings. The number of amides is 2. The number of likely N-dealkylation sites (N-methyl/N-ethyl adjacent to an activating group) is 1. The van der Waals surface area contributed by atoms with Gasteiger partial charge in [-0.15, -0.1) is 0 Å². The van der Waals surface area contributed by atoms with Gasteiger partial charge in [-0.3, -0.25) is 9.69 Å². The van der Waals surface area contributed by atoms with Gasteiger partial charge in [0, 0.05) is 19.1 Å². The second kappa shape index (κ2) is 9.41. The van der Waals surface area contributed by atoms with E-state index in [1.165, 1.54) is 5.56 Å². The van der Waals surface area contributed by atoms with Crippen molar-refractivity contribution < 1.29 is 14.7 Å². The summed E-state index contributed by atoms with van der Waals surface area (Å²) in [6, 6.07) is 8.54. The minimum atomic E-state index is -0.812. The third-order valence-electron chi connectivity index (χ3n) is 5.61. The molecule has 2 unspecified atom stereocenters. The van der Waals surface area contributed by atoms with E-state index in [4.69, 9.17) is 5.11 Å². The fourth-order valence-corrected chi connectivity index (χ4v) is 3.70. The van der Waals surface area contributed by atoms with Gasteiger partial charge in [-0.1, -0.05) is 45.0 Å². The minimum absolute atomic E-state index is 0.0401. The predicted molar refractivity (Wildman–Crippen MR) is 112 cm³/mol. The van der Waals surface area contributed by atoms with Crippen molar-refractivity contribution in [3.63, 3.8) is 0 Å². The van der Waals surface area contributed by atoms with E-state index >= 15 is 0 Å². The molecule has 1 heterocycles. The highest BCUT2D eigenvalue weighted by Gasteiger charge is 2.25. The Kier molecular flexibility index (Phi) is 7.47. The van der Waals surface area contributed by atoms with Gasteiger partial charge < -0.3 is 15.3 Å². The molecule has 0 spiro atoms. The molecule has 6 heteroatoms. The van der Waals surface area contributed by atoms with E-state index in [1.807, 2.05) is 23.8 Å². The Morgan fingerprint density at radius 1 is 1.21 bits per heavy atom. The summed E-state index contributed by atoms with van der Waals surface area (Å²) in [6.45, 7) is 9.97. The van der Waals surface area contributed by atoms with Crippen LogP contribution in [0, 0.1) is 0 Å². The molecule has 28 heavy (non-hydrogen) atoms. The number of carbonyl (C=O) groups excluding carboxylic acids is 1. The predicted octanol–water partition coefficient (Wildman–Crippen LogP) is 3.63. The number of nitrogens with zero attached hydrogens (tertiary/aromatic N) is 2. The van der Waals surface area contributed by atoms with Crippen molar-refractivity contribution in [2.75, 3.05) is 26.7 Å². The molecule has 1 aromatic carbocycles. The third kappa shape index (κ3) is 6.23. The Hall–Kier alpha value is -2.08. The Morgan fingerprint density at radius 3 is 2.43 bits per heavy atom. The van der Waals surface area contributed by atoms with E-state index in [0.29, 0.717) is 13.1 Å². The van der Waals surface area contributed by atoms with Crippen LogP contribution in [0.25, 0.3) is 0 Å². The summed E-state index contributed by atoms with van der Waals surface area (Å²) < 4.78 is 0. The van der Waals surface area contributed by atoms with Crippen LogP contribution in [0.5, 0.6) is 0 Å². The Labute approximate surface area is 168 Å². The van der Waals surface area contributed by atoms with Gasteiger partial charge >= 0.3 is 12.0 Å².